The zero-order chi connectivity index (χ0) is 15.6. The Morgan fingerprint density at radius 3 is 1.55 bits per heavy atom. The minimum absolute atomic E-state index is 0.672. The third-order valence-electron chi connectivity index (χ3n) is 4.99. The van der Waals surface area contributed by atoms with Crippen LogP contribution in [0.2, 0.25) is 0 Å². The first-order valence-electron chi connectivity index (χ1n) is 9.36. The summed E-state index contributed by atoms with van der Waals surface area (Å²) < 4.78 is 0. The maximum absolute atomic E-state index is 3.43. The van der Waals surface area contributed by atoms with Gasteiger partial charge < -0.3 is 25.3 Å². The molecule has 0 aromatic heterocycles. The van der Waals surface area contributed by atoms with Crippen LogP contribution >= 0.6 is 0 Å². The maximum atomic E-state index is 3.43. The molecule has 0 saturated carbocycles. The van der Waals surface area contributed by atoms with Gasteiger partial charge >= 0.3 is 0 Å². The fraction of sp³-hybridized carbons (Fsp3) is 1.00. The summed E-state index contributed by atoms with van der Waals surface area (Å²) in [6, 6.07) is 0.672. The van der Waals surface area contributed by atoms with Crippen LogP contribution in [0.5, 0.6) is 0 Å². The van der Waals surface area contributed by atoms with Crippen molar-refractivity contribution < 1.29 is 0 Å². The number of hydrogen-bond donors (Lipinski definition) is 2. The minimum atomic E-state index is 0.672. The van der Waals surface area contributed by atoms with Crippen LogP contribution in [-0.4, -0.2) is 99.3 Å². The molecule has 2 rings (SSSR count). The van der Waals surface area contributed by atoms with E-state index < -0.39 is 0 Å². The summed E-state index contributed by atoms with van der Waals surface area (Å²) >= 11 is 0. The zero-order valence-corrected chi connectivity index (χ0v) is 14.8. The highest BCUT2D eigenvalue weighted by atomic mass is 15.2. The maximum Gasteiger partial charge on any atom is 0.0107 e. The standard InChI is InChI=1S/C17H37N5/c1-17(2)22(11-3-9-20-13-5-18-6-14-20)12-4-10-21-15-7-19-8-16-21/h17-19H,3-16H2,1-2H3. The van der Waals surface area contributed by atoms with E-state index in [2.05, 4.69) is 39.2 Å². The molecule has 0 unspecified atom stereocenters. The van der Waals surface area contributed by atoms with Gasteiger partial charge in [0.25, 0.3) is 0 Å². The van der Waals surface area contributed by atoms with Crippen LogP contribution in [-0.2, 0) is 0 Å². The first-order chi connectivity index (χ1) is 10.8. The second kappa shape index (κ2) is 10.6. The molecule has 2 saturated heterocycles. The Balaban J connectivity index is 1.57. The van der Waals surface area contributed by atoms with Crippen LogP contribution in [0.25, 0.3) is 0 Å². The van der Waals surface area contributed by atoms with Crippen molar-refractivity contribution in [1.82, 2.24) is 25.3 Å². The van der Waals surface area contributed by atoms with Gasteiger partial charge in [0.15, 0.2) is 0 Å². The zero-order valence-electron chi connectivity index (χ0n) is 14.8. The summed E-state index contributed by atoms with van der Waals surface area (Å²) in [6.07, 6.45) is 2.62. The van der Waals surface area contributed by atoms with Gasteiger partial charge in [-0.2, -0.15) is 0 Å². The summed E-state index contributed by atoms with van der Waals surface area (Å²) in [5.41, 5.74) is 0. The Labute approximate surface area is 137 Å². The van der Waals surface area contributed by atoms with Crippen LogP contribution < -0.4 is 10.6 Å². The summed E-state index contributed by atoms with van der Waals surface area (Å²) in [7, 11) is 0. The number of rotatable bonds is 9. The van der Waals surface area contributed by atoms with Crippen molar-refractivity contribution in [2.45, 2.75) is 32.7 Å². The SMILES string of the molecule is CC(C)N(CCCN1CCNCC1)CCCN1CCNCC1. The molecule has 0 atom stereocenters. The summed E-state index contributed by atoms with van der Waals surface area (Å²) in [4.78, 5) is 7.88. The molecule has 0 aromatic carbocycles. The monoisotopic (exact) mass is 311 g/mol. The Kier molecular flexibility index (Phi) is 8.70. The average Bonchev–Trinajstić information content (AvgIpc) is 2.55. The molecule has 0 aromatic rings. The highest BCUT2D eigenvalue weighted by Crippen LogP contribution is 2.04. The van der Waals surface area contributed by atoms with Gasteiger partial charge in [0.2, 0.25) is 0 Å². The smallest absolute Gasteiger partial charge is 0.0107 e. The van der Waals surface area contributed by atoms with E-state index >= 15 is 0 Å². The van der Waals surface area contributed by atoms with Crippen LogP contribution in [0.1, 0.15) is 26.7 Å². The Hall–Kier alpha value is -0.200. The topological polar surface area (TPSA) is 33.8 Å². The molecule has 2 aliphatic heterocycles. The van der Waals surface area contributed by atoms with Crippen molar-refractivity contribution in [3.63, 3.8) is 0 Å². The molecule has 130 valence electrons. The van der Waals surface area contributed by atoms with E-state index in [1.165, 1.54) is 91.4 Å². The molecule has 0 amide bonds. The predicted octanol–water partition coefficient (Wildman–Crippen LogP) is 0.287. The highest BCUT2D eigenvalue weighted by Gasteiger charge is 2.14. The molecule has 2 N–H and O–H groups in total. The van der Waals surface area contributed by atoms with E-state index in [4.69, 9.17) is 0 Å². The molecule has 0 bridgehead atoms. The molecule has 0 radical (unpaired) electrons. The van der Waals surface area contributed by atoms with Gasteiger partial charge in [0.1, 0.15) is 0 Å². The summed E-state index contributed by atoms with van der Waals surface area (Å²) in [5.74, 6) is 0. The van der Waals surface area contributed by atoms with E-state index in [9.17, 15) is 0 Å². The molecule has 5 nitrogen and oxygen atoms in total. The second-order valence-corrected chi connectivity index (χ2v) is 7.02. The fourth-order valence-electron chi connectivity index (χ4n) is 3.49. The largest absolute Gasteiger partial charge is 0.314 e. The number of piperazine rings is 2. The van der Waals surface area contributed by atoms with E-state index in [-0.39, 0.29) is 0 Å². The lowest BCUT2D eigenvalue weighted by Crippen LogP contribution is -2.45. The second-order valence-electron chi connectivity index (χ2n) is 7.02. The molecular formula is C17H37N5. The third kappa shape index (κ3) is 6.92. The minimum Gasteiger partial charge on any atom is -0.314 e. The van der Waals surface area contributed by atoms with Gasteiger partial charge in [-0.05, 0) is 52.9 Å². The van der Waals surface area contributed by atoms with Crippen molar-refractivity contribution >= 4 is 0 Å². The molecule has 2 heterocycles. The van der Waals surface area contributed by atoms with Crippen molar-refractivity contribution in [2.75, 3.05) is 78.5 Å². The highest BCUT2D eigenvalue weighted by molar-refractivity contribution is 4.71. The van der Waals surface area contributed by atoms with Crippen molar-refractivity contribution in [2.24, 2.45) is 0 Å². The molecule has 2 fully saturated rings. The van der Waals surface area contributed by atoms with Crippen LogP contribution in [0.4, 0.5) is 0 Å². The number of nitrogens with zero attached hydrogens (tertiary/aromatic N) is 3. The van der Waals surface area contributed by atoms with E-state index in [0.29, 0.717) is 6.04 Å². The average molecular weight is 312 g/mol. The molecule has 22 heavy (non-hydrogen) atoms. The normalized spacial score (nSPS) is 21.8. The molecule has 2 aliphatic rings. The number of nitrogens with one attached hydrogen (secondary N) is 2. The summed E-state index contributed by atoms with van der Waals surface area (Å²) in [6.45, 7) is 19.3. The summed E-state index contributed by atoms with van der Waals surface area (Å²) in [5, 5.41) is 6.86. The van der Waals surface area contributed by atoms with E-state index in [1.54, 1.807) is 0 Å². The van der Waals surface area contributed by atoms with Gasteiger partial charge in [-0.1, -0.05) is 0 Å². The molecule has 0 aliphatic carbocycles. The van der Waals surface area contributed by atoms with Crippen LogP contribution in [0.3, 0.4) is 0 Å². The van der Waals surface area contributed by atoms with Gasteiger partial charge in [-0.3, -0.25) is 0 Å². The third-order valence-corrected chi connectivity index (χ3v) is 4.99. The van der Waals surface area contributed by atoms with Gasteiger partial charge in [0.05, 0.1) is 0 Å². The molecular weight excluding hydrogens is 274 g/mol. The lowest BCUT2D eigenvalue weighted by molar-refractivity contribution is 0.171. The first-order valence-corrected chi connectivity index (χ1v) is 9.36. The van der Waals surface area contributed by atoms with Gasteiger partial charge in [0, 0.05) is 58.4 Å². The van der Waals surface area contributed by atoms with Crippen molar-refractivity contribution in [1.29, 1.82) is 0 Å². The Morgan fingerprint density at radius 2 is 1.18 bits per heavy atom. The van der Waals surface area contributed by atoms with Crippen molar-refractivity contribution in [3.8, 4) is 0 Å². The molecule has 0 spiro atoms. The molecule has 5 heteroatoms. The predicted molar refractivity (Wildman–Crippen MR) is 94.6 cm³/mol. The van der Waals surface area contributed by atoms with Crippen molar-refractivity contribution in [3.05, 3.63) is 0 Å². The van der Waals surface area contributed by atoms with E-state index in [0.717, 1.165) is 0 Å². The van der Waals surface area contributed by atoms with Gasteiger partial charge in [-0.15, -0.1) is 0 Å². The quantitative estimate of drug-likeness (QED) is 0.640. The Bertz CT molecular complexity index is 248. The first kappa shape index (κ1) is 18.1. The van der Waals surface area contributed by atoms with Crippen LogP contribution in [0.15, 0.2) is 0 Å². The lowest BCUT2D eigenvalue weighted by atomic mass is 10.2. The van der Waals surface area contributed by atoms with Gasteiger partial charge in [-0.25, -0.2) is 0 Å². The van der Waals surface area contributed by atoms with E-state index in [1.807, 2.05) is 0 Å². The number of hydrogen-bond acceptors (Lipinski definition) is 5. The van der Waals surface area contributed by atoms with Crippen LogP contribution in [0, 0.1) is 0 Å². The lowest BCUT2D eigenvalue weighted by Gasteiger charge is -2.31. The fourth-order valence-corrected chi connectivity index (χ4v) is 3.49. The Morgan fingerprint density at radius 1 is 0.773 bits per heavy atom.